The molecule has 0 unspecified atom stereocenters. The molecule has 1 aliphatic carbocycles. The van der Waals surface area contributed by atoms with Gasteiger partial charge in [0.15, 0.2) is 0 Å². The molecule has 128 valence electrons. The van der Waals surface area contributed by atoms with Crippen LogP contribution in [0.15, 0.2) is 24.3 Å². The average Bonchev–Trinajstić information content (AvgIpc) is 3.10. The van der Waals surface area contributed by atoms with Crippen molar-refractivity contribution < 1.29 is 9.47 Å². The highest BCUT2D eigenvalue weighted by Crippen LogP contribution is 2.24. The molecule has 0 bridgehead atoms. The third kappa shape index (κ3) is 5.79. The number of morpholine rings is 1. The van der Waals surface area contributed by atoms with Gasteiger partial charge in [0.1, 0.15) is 5.75 Å². The van der Waals surface area contributed by atoms with Crippen LogP contribution in [0.1, 0.15) is 37.7 Å². The van der Waals surface area contributed by atoms with Gasteiger partial charge in [0.2, 0.25) is 0 Å². The van der Waals surface area contributed by atoms with Gasteiger partial charge in [-0.15, -0.1) is 0 Å². The summed E-state index contributed by atoms with van der Waals surface area (Å²) >= 11 is 0. The summed E-state index contributed by atoms with van der Waals surface area (Å²) in [6, 6.07) is 8.59. The zero-order valence-corrected chi connectivity index (χ0v) is 14.1. The Kier molecular flexibility index (Phi) is 6.74. The highest BCUT2D eigenvalue weighted by molar-refractivity contribution is 5.27. The molecule has 0 spiro atoms. The number of hydrogen-bond acceptors (Lipinski definition) is 4. The van der Waals surface area contributed by atoms with E-state index >= 15 is 0 Å². The minimum atomic E-state index is 0.444. The van der Waals surface area contributed by atoms with Crippen molar-refractivity contribution in [3.05, 3.63) is 29.8 Å². The van der Waals surface area contributed by atoms with Crippen LogP contribution >= 0.6 is 0 Å². The van der Waals surface area contributed by atoms with Gasteiger partial charge in [-0.25, -0.2) is 0 Å². The van der Waals surface area contributed by atoms with Gasteiger partial charge in [-0.3, -0.25) is 4.90 Å². The van der Waals surface area contributed by atoms with E-state index in [1.165, 1.54) is 44.2 Å². The van der Waals surface area contributed by atoms with Crippen LogP contribution in [0, 0.1) is 0 Å². The molecule has 23 heavy (non-hydrogen) atoms. The quantitative estimate of drug-likeness (QED) is 0.747. The van der Waals surface area contributed by atoms with E-state index in [1.54, 1.807) is 0 Å². The van der Waals surface area contributed by atoms with Crippen molar-refractivity contribution in [2.75, 3.05) is 39.4 Å². The summed E-state index contributed by atoms with van der Waals surface area (Å²) in [7, 11) is 0. The smallest absolute Gasteiger partial charge is 0.119 e. The zero-order chi connectivity index (χ0) is 15.7. The lowest BCUT2D eigenvalue weighted by molar-refractivity contribution is 0.0374. The topological polar surface area (TPSA) is 33.7 Å². The molecule has 1 aliphatic heterocycles. The summed E-state index contributed by atoms with van der Waals surface area (Å²) in [5.74, 6) is 1.02. The predicted molar refractivity (Wildman–Crippen MR) is 92.9 cm³/mol. The molecule has 3 rings (SSSR count). The Morgan fingerprint density at radius 1 is 1.09 bits per heavy atom. The Hall–Kier alpha value is -1.10. The van der Waals surface area contributed by atoms with Crippen LogP contribution in [0.25, 0.3) is 0 Å². The van der Waals surface area contributed by atoms with E-state index < -0.39 is 0 Å². The fourth-order valence-corrected chi connectivity index (χ4v) is 3.37. The first-order valence-corrected chi connectivity index (χ1v) is 9.16. The summed E-state index contributed by atoms with van der Waals surface area (Å²) in [5, 5.41) is 3.54. The maximum absolute atomic E-state index is 6.00. The first-order valence-electron chi connectivity index (χ1n) is 9.16. The fraction of sp³-hybridized carbons (Fsp3) is 0.684. The van der Waals surface area contributed by atoms with E-state index in [9.17, 15) is 0 Å². The maximum atomic E-state index is 6.00. The molecule has 0 amide bonds. The van der Waals surface area contributed by atoms with E-state index in [0.717, 1.165) is 45.1 Å². The second kappa shape index (κ2) is 9.26. The number of nitrogens with zero attached hydrogens (tertiary/aromatic N) is 1. The van der Waals surface area contributed by atoms with Gasteiger partial charge >= 0.3 is 0 Å². The summed E-state index contributed by atoms with van der Waals surface area (Å²) in [6.45, 7) is 7.13. The third-order valence-corrected chi connectivity index (χ3v) is 4.79. The van der Waals surface area contributed by atoms with E-state index in [0.29, 0.717) is 6.10 Å². The Morgan fingerprint density at radius 2 is 1.83 bits per heavy atom. The minimum absolute atomic E-state index is 0.444. The van der Waals surface area contributed by atoms with E-state index in [4.69, 9.17) is 9.47 Å². The van der Waals surface area contributed by atoms with Crippen LogP contribution in [0.5, 0.6) is 5.75 Å². The lowest BCUT2D eigenvalue weighted by Gasteiger charge is -2.26. The predicted octanol–water partition coefficient (Wildman–Crippen LogP) is 2.82. The summed E-state index contributed by atoms with van der Waals surface area (Å²) in [5.41, 5.74) is 1.33. The maximum Gasteiger partial charge on any atom is 0.119 e. The molecule has 0 radical (unpaired) electrons. The SMILES string of the molecule is c1cc(OC2CCCC2)ccc1CNCCCN1CCOCC1. The first-order chi connectivity index (χ1) is 11.4. The molecule has 2 aliphatic rings. The van der Waals surface area contributed by atoms with Crippen LogP contribution in [0.2, 0.25) is 0 Å². The molecule has 1 saturated heterocycles. The first kappa shape index (κ1) is 16.7. The van der Waals surface area contributed by atoms with Crippen molar-refractivity contribution in [1.82, 2.24) is 10.2 Å². The van der Waals surface area contributed by atoms with Crippen molar-refractivity contribution in [3.8, 4) is 5.75 Å². The minimum Gasteiger partial charge on any atom is -0.490 e. The molecule has 2 fully saturated rings. The van der Waals surface area contributed by atoms with Gasteiger partial charge < -0.3 is 14.8 Å². The molecule has 4 nitrogen and oxygen atoms in total. The van der Waals surface area contributed by atoms with Gasteiger partial charge in [-0.05, 0) is 62.9 Å². The molecule has 1 heterocycles. The number of hydrogen-bond donors (Lipinski definition) is 1. The third-order valence-electron chi connectivity index (χ3n) is 4.79. The highest BCUT2D eigenvalue weighted by atomic mass is 16.5. The Bertz CT molecular complexity index is 437. The number of ether oxygens (including phenoxy) is 2. The molecular weight excluding hydrogens is 288 g/mol. The van der Waals surface area contributed by atoms with Crippen molar-refractivity contribution in [1.29, 1.82) is 0 Å². The van der Waals surface area contributed by atoms with E-state index in [2.05, 4.69) is 34.5 Å². The number of rotatable bonds is 8. The van der Waals surface area contributed by atoms with Gasteiger partial charge in [0.05, 0.1) is 19.3 Å². The Labute approximate surface area is 140 Å². The van der Waals surface area contributed by atoms with Crippen molar-refractivity contribution in [2.45, 2.75) is 44.8 Å². The molecule has 1 aromatic rings. The number of benzene rings is 1. The van der Waals surface area contributed by atoms with Crippen molar-refractivity contribution in [2.24, 2.45) is 0 Å². The Balaban J connectivity index is 1.29. The van der Waals surface area contributed by atoms with Gasteiger partial charge in [-0.2, -0.15) is 0 Å². The lowest BCUT2D eigenvalue weighted by Crippen LogP contribution is -2.37. The fourth-order valence-electron chi connectivity index (χ4n) is 3.37. The normalized spacial score (nSPS) is 20.0. The standard InChI is InChI=1S/C19H30N2O2/c1-2-5-18(4-1)23-19-8-6-17(7-9-19)16-20-10-3-11-21-12-14-22-15-13-21/h6-9,18,20H,1-5,10-16H2. The molecule has 0 atom stereocenters. The molecule has 0 aromatic heterocycles. The van der Waals surface area contributed by atoms with Crippen molar-refractivity contribution >= 4 is 0 Å². The van der Waals surface area contributed by atoms with Gasteiger partial charge in [-0.1, -0.05) is 12.1 Å². The van der Waals surface area contributed by atoms with Gasteiger partial charge in [0.25, 0.3) is 0 Å². The highest BCUT2D eigenvalue weighted by Gasteiger charge is 2.16. The van der Waals surface area contributed by atoms with Crippen molar-refractivity contribution in [3.63, 3.8) is 0 Å². The molecule has 4 heteroatoms. The molecule has 1 aromatic carbocycles. The van der Waals surface area contributed by atoms with Crippen LogP contribution < -0.4 is 10.1 Å². The monoisotopic (exact) mass is 318 g/mol. The van der Waals surface area contributed by atoms with Crippen LogP contribution in [0.4, 0.5) is 0 Å². The van der Waals surface area contributed by atoms with Crippen LogP contribution in [-0.4, -0.2) is 50.4 Å². The van der Waals surface area contributed by atoms with Crippen LogP contribution in [0.3, 0.4) is 0 Å². The van der Waals surface area contributed by atoms with Gasteiger partial charge in [0, 0.05) is 19.6 Å². The second-order valence-electron chi connectivity index (χ2n) is 6.65. The van der Waals surface area contributed by atoms with Crippen LogP contribution in [-0.2, 0) is 11.3 Å². The lowest BCUT2D eigenvalue weighted by atomic mass is 10.2. The molecule has 1 N–H and O–H groups in total. The largest absolute Gasteiger partial charge is 0.490 e. The Morgan fingerprint density at radius 3 is 2.57 bits per heavy atom. The zero-order valence-electron chi connectivity index (χ0n) is 14.1. The summed E-state index contributed by atoms with van der Waals surface area (Å²) in [6.07, 6.45) is 6.70. The van der Waals surface area contributed by atoms with E-state index in [1.807, 2.05) is 0 Å². The average molecular weight is 318 g/mol. The van der Waals surface area contributed by atoms with E-state index in [-0.39, 0.29) is 0 Å². The number of nitrogens with one attached hydrogen (secondary N) is 1. The summed E-state index contributed by atoms with van der Waals surface area (Å²) < 4.78 is 11.4. The molecular formula is C19H30N2O2. The second-order valence-corrected chi connectivity index (χ2v) is 6.65. The summed E-state index contributed by atoms with van der Waals surface area (Å²) in [4.78, 5) is 2.49. The molecule has 1 saturated carbocycles.